The maximum Gasteiger partial charge on any atom is 0.414 e. The van der Waals surface area contributed by atoms with Crippen LogP contribution in [0, 0.1) is 5.92 Å². The highest BCUT2D eigenvalue weighted by Crippen LogP contribution is 2.28. The molecule has 1 aromatic rings. The molecule has 1 saturated carbocycles. The highest BCUT2D eigenvalue weighted by atomic mass is 16.5. The smallest absolute Gasteiger partial charge is 0.414 e. The van der Waals surface area contributed by atoms with Crippen molar-refractivity contribution in [3.05, 3.63) is 29.8 Å². The molecule has 7 heteroatoms. The van der Waals surface area contributed by atoms with E-state index < -0.39 is 11.9 Å². The highest BCUT2D eigenvalue weighted by molar-refractivity contribution is 6.27. The van der Waals surface area contributed by atoms with Gasteiger partial charge < -0.3 is 14.9 Å². The van der Waals surface area contributed by atoms with Crippen molar-refractivity contribution in [3.8, 4) is 5.75 Å². The van der Waals surface area contributed by atoms with Crippen molar-refractivity contribution in [3.63, 3.8) is 0 Å². The molecular weight excluding hydrogens is 372 g/mol. The van der Waals surface area contributed by atoms with Crippen LogP contribution in [-0.2, 0) is 16.1 Å². The Hall–Kier alpha value is -2.12. The summed E-state index contributed by atoms with van der Waals surface area (Å²) >= 11 is 0. The summed E-state index contributed by atoms with van der Waals surface area (Å²) in [6, 6.07) is 9.46. The summed E-state index contributed by atoms with van der Waals surface area (Å²) in [6.45, 7) is 11.2. The van der Waals surface area contributed by atoms with Gasteiger partial charge in [0, 0.05) is 38.8 Å². The van der Waals surface area contributed by atoms with Gasteiger partial charge in [0.1, 0.15) is 5.75 Å². The number of carbonyl (C=O) groups is 2. The second-order valence-electron chi connectivity index (χ2n) is 7.92. The van der Waals surface area contributed by atoms with Crippen molar-refractivity contribution in [1.29, 1.82) is 0 Å². The van der Waals surface area contributed by atoms with Crippen molar-refractivity contribution in [2.24, 2.45) is 5.92 Å². The van der Waals surface area contributed by atoms with E-state index in [1.54, 1.807) is 0 Å². The molecule has 0 radical (unpaired) electrons. The number of rotatable bonds is 5. The topological polar surface area (TPSA) is 90.3 Å². The van der Waals surface area contributed by atoms with Crippen molar-refractivity contribution < 1.29 is 24.5 Å². The lowest BCUT2D eigenvalue weighted by atomic mass is 9.86. The maximum absolute atomic E-state index is 9.10. The lowest BCUT2D eigenvalue weighted by Crippen LogP contribution is -2.50. The Morgan fingerprint density at radius 2 is 1.66 bits per heavy atom. The van der Waals surface area contributed by atoms with E-state index in [1.807, 2.05) is 6.92 Å². The predicted octanol–water partition coefficient (Wildman–Crippen LogP) is 2.94. The molecule has 1 aliphatic heterocycles. The van der Waals surface area contributed by atoms with Crippen LogP contribution < -0.4 is 4.74 Å². The molecule has 29 heavy (non-hydrogen) atoms. The van der Waals surface area contributed by atoms with Gasteiger partial charge >= 0.3 is 11.9 Å². The molecule has 7 nitrogen and oxygen atoms in total. The van der Waals surface area contributed by atoms with Gasteiger partial charge in [-0.05, 0) is 43.4 Å². The number of carboxylic acids is 2. The van der Waals surface area contributed by atoms with Crippen LogP contribution in [0.2, 0.25) is 0 Å². The third-order valence-corrected chi connectivity index (χ3v) is 5.66. The number of piperazine rings is 1. The van der Waals surface area contributed by atoms with Crippen LogP contribution in [0.4, 0.5) is 0 Å². The molecule has 1 aromatic carbocycles. The van der Waals surface area contributed by atoms with Gasteiger partial charge in [-0.25, -0.2) is 9.59 Å². The average Bonchev–Trinajstić information content (AvgIpc) is 2.71. The van der Waals surface area contributed by atoms with E-state index in [4.69, 9.17) is 24.5 Å². The molecule has 1 saturated heterocycles. The summed E-state index contributed by atoms with van der Waals surface area (Å²) in [5.41, 5.74) is 1.40. The fraction of sp³-hybridized carbons (Fsp3) is 0.636. The van der Waals surface area contributed by atoms with E-state index in [0.29, 0.717) is 0 Å². The first-order valence-corrected chi connectivity index (χ1v) is 10.5. The van der Waals surface area contributed by atoms with Crippen LogP contribution in [0.3, 0.4) is 0 Å². The Labute approximate surface area is 173 Å². The molecule has 2 N–H and O–H groups in total. The fourth-order valence-corrected chi connectivity index (χ4v) is 4.14. The minimum Gasteiger partial charge on any atom is -0.494 e. The van der Waals surface area contributed by atoms with E-state index in [9.17, 15) is 0 Å². The molecule has 2 aliphatic rings. The summed E-state index contributed by atoms with van der Waals surface area (Å²) < 4.78 is 5.52. The molecule has 0 aromatic heterocycles. The zero-order valence-electron chi connectivity index (χ0n) is 17.5. The zero-order valence-corrected chi connectivity index (χ0v) is 17.5. The number of hydrogen-bond donors (Lipinski definition) is 2. The van der Waals surface area contributed by atoms with Crippen LogP contribution in [0.15, 0.2) is 24.3 Å². The van der Waals surface area contributed by atoms with Gasteiger partial charge in [-0.15, -0.1) is 0 Å². The van der Waals surface area contributed by atoms with Gasteiger partial charge in [-0.2, -0.15) is 0 Å². The zero-order chi connectivity index (χ0) is 21.2. The van der Waals surface area contributed by atoms with Crippen molar-refractivity contribution in [2.75, 3.05) is 32.8 Å². The van der Waals surface area contributed by atoms with Crippen LogP contribution in [-0.4, -0.2) is 70.8 Å². The van der Waals surface area contributed by atoms with Gasteiger partial charge in [-0.1, -0.05) is 31.9 Å². The number of nitrogens with zero attached hydrogens (tertiary/aromatic N) is 2. The van der Waals surface area contributed by atoms with Crippen LogP contribution in [0.1, 0.15) is 45.1 Å². The van der Waals surface area contributed by atoms with Crippen LogP contribution >= 0.6 is 0 Å². The Morgan fingerprint density at radius 3 is 2.17 bits per heavy atom. The number of aliphatic carboxylic acids is 2. The normalized spacial score (nSPS) is 23.0. The first-order valence-electron chi connectivity index (χ1n) is 10.5. The predicted molar refractivity (Wildman–Crippen MR) is 111 cm³/mol. The molecule has 2 fully saturated rings. The lowest BCUT2D eigenvalue weighted by molar-refractivity contribution is -0.159. The molecule has 0 bridgehead atoms. The Bertz CT molecular complexity index is 629. The van der Waals surface area contributed by atoms with Crippen LogP contribution in [0.5, 0.6) is 5.75 Å². The minimum absolute atomic E-state index is 0.737. The third kappa shape index (κ3) is 8.03. The summed E-state index contributed by atoms with van der Waals surface area (Å²) in [4.78, 5) is 23.5. The Morgan fingerprint density at radius 1 is 1.03 bits per heavy atom. The first-order chi connectivity index (χ1) is 13.9. The largest absolute Gasteiger partial charge is 0.494 e. The van der Waals surface area contributed by atoms with E-state index in [-0.39, 0.29) is 0 Å². The third-order valence-electron chi connectivity index (χ3n) is 5.66. The molecule has 1 aliphatic carbocycles. The number of carboxylic acid groups (broad SMARTS) is 2. The Kier molecular flexibility index (Phi) is 9.41. The SMILES string of the molecule is CCOc1ccc(CN2CCN(C3CCCC(C)C3)CC2)cc1.O=C(O)C(=O)O. The number of hydrogen-bond acceptors (Lipinski definition) is 5. The second kappa shape index (κ2) is 11.8. The van der Waals surface area contributed by atoms with Gasteiger partial charge in [0.05, 0.1) is 6.61 Å². The van der Waals surface area contributed by atoms with Crippen molar-refractivity contribution in [1.82, 2.24) is 9.80 Å². The molecule has 3 rings (SSSR count). The van der Waals surface area contributed by atoms with Crippen molar-refractivity contribution in [2.45, 2.75) is 52.1 Å². The van der Waals surface area contributed by atoms with Gasteiger partial charge in [0.2, 0.25) is 0 Å². The van der Waals surface area contributed by atoms with E-state index in [1.165, 1.54) is 57.4 Å². The molecule has 0 amide bonds. The molecular formula is C22H34N2O5. The van der Waals surface area contributed by atoms with Gasteiger partial charge in [0.15, 0.2) is 0 Å². The first kappa shape index (κ1) is 23.2. The summed E-state index contributed by atoms with van der Waals surface area (Å²) in [5.74, 6) is -1.74. The number of ether oxygens (including phenoxy) is 1. The van der Waals surface area contributed by atoms with Gasteiger partial charge in [-0.3, -0.25) is 9.80 Å². The average molecular weight is 407 g/mol. The second-order valence-corrected chi connectivity index (χ2v) is 7.92. The van der Waals surface area contributed by atoms with E-state index in [0.717, 1.165) is 30.9 Å². The summed E-state index contributed by atoms with van der Waals surface area (Å²) in [7, 11) is 0. The van der Waals surface area contributed by atoms with Gasteiger partial charge in [0.25, 0.3) is 0 Å². The molecule has 2 atom stereocenters. The molecule has 0 spiro atoms. The molecule has 1 heterocycles. The van der Waals surface area contributed by atoms with E-state index >= 15 is 0 Å². The summed E-state index contributed by atoms with van der Waals surface area (Å²) in [6.07, 6.45) is 5.70. The van der Waals surface area contributed by atoms with E-state index in [2.05, 4.69) is 41.0 Å². The van der Waals surface area contributed by atoms with Crippen LogP contribution in [0.25, 0.3) is 0 Å². The Balaban J connectivity index is 0.000000438. The van der Waals surface area contributed by atoms with Crippen molar-refractivity contribution >= 4 is 11.9 Å². The number of benzene rings is 1. The lowest BCUT2D eigenvalue weighted by Gasteiger charge is -2.42. The fourth-order valence-electron chi connectivity index (χ4n) is 4.14. The monoisotopic (exact) mass is 406 g/mol. The standard InChI is InChI=1S/C20H32N2O.C2H2O4/c1-3-23-20-9-7-18(8-10-20)16-21-11-13-22(14-12-21)19-6-4-5-17(2)15-19;3-1(4)2(5)6/h7-10,17,19H,3-6,11-16H2,1-2H3;(H,3,4)(H,5,6). The molecule has 2 unspecified atom stereocenters. The molecule has 162 valence electrons. The quantitative estimate of drug-likeness (QED) is 0.727. The minimum atomic E-state index is -1.82. The summed E-state index contributed by atoms with van der Waals surface area (Å²) in [5, 5.41) is 14.8. The highest BCUT2D eigenvalue weighted by Gasteiger charge is 2.27. The maximum atomic E-state index is 9.10.